The van der Waals surface area contributed by atoms with Crippen molar-refractivity contribution in [2.75, 3.05) is 0 Å². The summed E-state index contributed by atoms with van der Waals surface area (Å²) in [7, 11) is 0. The fourth-order valence-electron chi connectivity index (χ4n) is 2.39. The molecule has 1 saturated carbocycles. The van der Waals surface area contributed by atoms with Gasteiger partial charge in [0.25, 0.3) is 0 Å². The monoisotopic (exact) mass is 238 g/mol. The molecule has 1 fully saturated rings. The summed E-state index contributed by atoms with van der Waals surface area (Å²) in [6.07, 6.45) is 5.81. The molecular formula is C14H22O3. The van der Waals surface area contributed by atoms with Crippen molar-refractivity contribution in [2.24, 2.45) is 17.3 Å². The molecule has 0 radical (unpaired) electrons. The second kappa shape index (κ2) is 5.48. The van der Waals surface area contributed by atoms with Crippen LogP contribution in [0.3, 0.4) is 0 Å². The molecule has 0 aromatic rings. The lowest BCUT2D eigenvalue weighted by molar-refractivity contribution is -0.146. The zero-order valence-electron chi connectivity index (χ0n) is 10.7. The van der Waals surface area contributed by atoms with Crippen LogP contribution in [0.2, 0.25) is 0 Å². The summed E-state index contributed by atoms with van der Waals surface area (Å²) >= 11 is 0. The van der Waals surface area contributed by atoms with Crippen molar-refractivity contribution < 1.29 is 14.7 Å². The molecule has 1 aliphatic carbocycles. The Labute approximate surface area is 103 Å². The number of carbonyl (C=O) groups excluding carboxylic acids is 1. The Kier molecular flexibility index (Phi) is 4.49. The number of hydrogen-bond acceptors (Lipinski definition) is 2. The second-order valence-corrected chi connectivity index (χ2v) is 5.54. The summed E-state index contributed by atoms with van der Waals surface area (Å²) in [4.78, 5) is 23.3. The molecule has 1 aliphatic rings. The van der Waals surface area contributed by atoms with Crippen molar-refractivity contribution in [3.8, 4) is 0 Å². The van der Waals surface area contributed by atoms with E-state index in [1.54, 1.807) is 19.9 Å². The van der Waals surface area contributed by atoms with E-state index in [-0.39, 0.29) is 18.1 Å². The predicted molar refractivity (Wildman–Crippen MR) is 66.7 cm³/mol. The number of Topliss-reactive ketones (excluding diaryl/α,β-unsaturated/α-hetero) is 1. The Balaban J connectivity index is 2.70. The first-order valence-corrected chi connectivity index (χ1v) is 6.28. The Morgan fingerprint density at radius 3 is 2.35 bits per heavy atom. The van der Waals surface area contributed by atoms with Crippen molar-refractivity contribution in [3.05, 3.63) is 12.7 Å². The summed E-state index contributed by atoms with van der Waals surface area (Å²) in [5.41, 5.74) is -0.619. The maximum Gasteiger partial charge on any atom is 0.307 e. The molecule has 0 aliphatic heterocycles. The van der Waals surface area contributed by atoms with Crippen LogP contribution in [0.25, 0.3) is 0 Å². The first kappa shape index (κ1) is 13.9. The maximum absolute atomic E-state index is 12.0. The van der Waals surface area contributed by atoms with E-state index >= 15 is 0 Å². The van der Waals surface area contributed by atoms with E-state index in [0.29, 0.717) is 0 Å². The van der Waals surface area contributed by atoms with E-state index in [0.717, 1.165) is 25.7 Å². The van der Waals surface area contributed by atoms with Crippen LogP contribution in [0.15, 0.2) is 12.7 Å². The molecule has 1 rings (SSSR count). The second-order valence-electron chi connectivity index (χ2n) is 5.54. The van der Waals surface area contributed by atoms with Crippen molar-refractivity contribution in [1.82, 2.24) is 0 Å². The maximum atomic E-state index is 12.0. The standard InChI is InChI=1S/C14H22O3/c1-4-14(2,3)12(15)9-11(13(16)17)10-7-5-6-8-10/h4,10-11H,1,5-9H2,2-3H3,(H,16,17). The van der Waals surface area contributed by atoms with Gasteiger partial charge in [0, 0.05) is 11.8 Å². The Morgan fingerprint density at radius 1 is 1.41 bits per heavy atom. The molecule has 1 atom stereocenters. The van der Waals surface area contributed by atoms with Crippen molar-refractivity contribution in [1.29, 1.82) is 0 Å². The smallest absolute Gasteiger partial charge is 0.307 e. The molecule has 3 heteroatoms. The molecule has 0 spiro atoms. The normalized spacial score (nSPS) is 18.9. The Hall–Kier alpha value is -1.12. The zero-order valence-corrected chi connectivity index (χ0v) is 10.7. The highest BCUT2D eigenvalue weighted by Gasteiger charge is 2.35. The fraction of sp³-hybridized carbons (Fsp3) is 0.714. The number of allylic oxidation sites excluding steroid dienone is 1. The third-order valence-electron chi connectivity index (χ3n) is 3.92. The molecule has 0 heterocycles. The van der Waals surface area contributed by atoms with Gasteiger partial charge in [-0.15, -0.1) is 6.58 Å². The average molecular weight is 238 g/mol. The van der Waals surface area contributed by atoms with Gasteiger partial charge in [-0.2, -0.15) is 0 Å². The highest BCUT2D eigenvalue weighted by Crippen LogP contribution is 2.35. The molecule has 0 saturated heterocycles. The van der Waals surface area contributed by atoms with Crippen LogP contribution in [-0.4, -0.2) is 16.9 Å². The van der Waals surface area contributed by atoms with Crippen molar-refractivity contribution in [2.45, 2.75) is 46.0 Å². The number of carbonyl (C=O) groups is 2. The number of hydrogen-bond donors (Lipinski definition) is 1. The van der Waals surface area contributed by atoms with Gasteiger partial charge in [-0.05, 0) is 32.6 Å². The summed E-state index contributed by atoms with van der Waals surface area (Å²) in [6.45, 7) is 7.21. The minimum absolute atomic E-state index is 0.0215. The first-order chi connectivity index (χ1) is 7.88. The summed E-state index contributed by atoms with van der Waals surface area (Å²) in [5.74, 6) is -1.18. The van der Waals surface area contributed by atoms with Crippen LogP contribution in [0, 0.1) is 17.3 Å². The third kappa shape index (κ3) is 3.42. The molecule has 0 aromatic heterocycles. The Morgan fingerprint density at radius 2 is 1.94 bits per heavy atom. The van der Waals surface area contributed by atoms with Gasteiger partial charge in [0.1, 0.15) is 5.78 Å². The van der Waals surface area contributed by atoms with Gasteiger partial charge in [-0.25, -0.2) is 0 Å². The quantitative estimate of drug-likeness (QED) is 0.723. The number of rotatable bonds is 6. The lowest BCUT2D eigenvalue weighted by atomic mass is 9.79. The fourth-order valence-corrected chi connectivity index (χ4v) is 2.39. The minimum Gasteiger partial charge on any atom is -0.481 e. The van der Waals surface area contributed by atoms with Gasteiger partial charge < -0.3 is 5.11 Å². The van der Waals surface area contributed by atoms with E-state index in [1.807, 2.05) is 0 Å². The van der Waals surface area contributed by atoms with E-state index < -0.39 is 17.3 Å². The van der Waals surface area contributed by atoms with Gasteiger partial charge >= 0.3 is 5.97 Å². The largest absolute Gasteiger partial charge is 0.481 e. The van der Waals surface area contributed by atoms with Crippen LogP contribution in [0.1, 0.15) is 46.0 Å². The van der Waals surface area contributed by atoms with Crippen LogP contribution in [0.4, 0.5) is 0 Å². The molecule has 96 valence electrons. The van der Waals surface area contributed by atoms with E-state index in [9.17, 15) is 14.7 Å². The summed E-state index contributed by atoms with van der Waals surface area (Å²) in [6, 6.07) is 0. The third-order valence-corrected chi connectivity index (χ3v) is 3.92. The molecule has 3 nitrogen and oxygen atoms in total. The van der Waals surface area contributed by atoms with Gasteiger partial charge in [-0.3, -0.25) is 9.59 Å². The lowest BCUT2D eigenvalue weighted by Gasteiger charge is -2.23. The topological polar surface area (TPSA) is 54.4 Å². The van der Waals surface area contributed by atoms with Gasteiger partial charge in [0.15, 0.2) is 0 Å². The van der Waals surface area contributed by atoms with Gasteiger partial charge in [-0.1, -0.05) is 18.9 Å². The molecule has 0 amide bonds. The minimum atomic E-state index is -0.829. The zero-order chi connectivity index (χ0) is 13.1. The molecule has 1 unspecified atom stereocenters. The van der Waals surface area contributed by atoms with Gasteiger partial charge in [0.2, 0.25) is 0 Å². The SMILES string of the molecule is C=CC(C)(C)C(=O)CC(C(=O)O)C1CCCC1. The first-order valence-electron chi connectivity index (χ1n) is 6.28. The number of ketones is 1. The Bertz CT molecular complexity index is 311. The highest BCUT2D eigenvalue weighted by molar-refractivity contribution is 5.89. The molecule has 0 bridgehead atoms. The summed E-state index contributed by atoms with van der Waals surface area (Å²) in [5, 5.41) is 9.24. The van der Waals surface area contributed by atoms with Crippen molar-refractivity contribution in [3.63, 3.8) is 0 Å². The molecule has 17 heavy (non-hydrogen) atoms. The molecule has 1 N–H and O–H groups in total. The number of carboxylic acid groups (broad SMARTS) is 1. The van der Waals surface area contributed by atoms with Gasteiger partial charge in [0.05, 0.1) is 5.92 Å². The highest BCUT2D eigenvalue weighted by atomic mass is 16.4. The van der Waals surface area contributed by atoms with E-state index in [4.69, 9.17) is 0 Å². The van der Waals surface area contributed by atoms with Crippen LogP contribution in [0.5, 0.6) is 0 Å². The lowest BCUT2D eigenvalue weighted by Crippen LogP contribution is -2.30. The predicted octanol–water partition coefficient (Wildman–Crippen LogP) is 3.05. The summed E-state index contributed by atoms with van der Waals surface area (Å²) < 4.78 is 0. The van der Waals surface area contributed by atoms with Crippen molar-refractivity contribution >= 4 is 11.8 Å². The van der Waals surface area contributed by atoms with Crippen LogP contribution in [-0.2, 0) is 9.59 Å². The number of carboxylic acids is 1. The van der Waals surface area contributed by atoms with Crippen LogP contribution >= 0.6 is 0 Å². The van der Waals surface area contributed by atoms with E-state index in [2.05, 4.69) is 6.58 Å². The van der Waals surface area contributed by atoms with Crippen LogP contribution < -0.4 is 0 Å². The van der Waals surface area contributed by atoms with E-state index in [1.165, 1.54) is 0 Å². The molecule has 0 aromatic carbocycles. The number of aliphatic carboxylic acids is 1. The molecular weight excluding hydrogens is 216 g/mol. The average Bonchev–Trinajstić information content (AvgIpc) is 2.78.